The molecule has 1 aliphatic heterocycles. The number of nitrogens with zero attached hydrogens (tertiary/aromatic N) is 1. The van der Waals surface area contributed by atoms with Crippen LogP contribution in [0.25, 0.3) is 0 Å². The van der Waals surface area contributed by atoms with E-state index < -0.39 is 5.25 Å². The van der Waals surface area contributed by atoms with Crippen molar-refractivity contribution in [1.82, 2.24) is 0 Å². The highest BCUT2D eigenvalue weighted by Crippen LogP contribution is 2.30. The molecule has 2 aromatic carbocycles. The molecule has 1 N–H and O–H groups in total. The number of imide groups is 1. The first-order valence-electron chi connectivity index (χ1n) is 7.73. The number of hydrogen-bond donors (Lipinski definition) is 1. The number of rotatable bonds is 5. The summed E-state index contributed by atoms with van der Waals surface area (Å²) in [5, 5.41) is 3.18. The molecule has 8 heteroatoms. The van der Waals surface area contributed by atoms with E-state index in [4.69, 9.17) is 23.2 Å². The summed E-state index contributed by atoms with van der Waals surface area (Å²) in [6, 6.07) is 13.3. The van der Waals surface area contributed by atoms with Crippen molar-refractivity contribution in [2.75, 3.05) is 16.0 Å². The summed E-state index contributed by atoms with van der Waals surface area (Å²) >= 11 is 12.9. The summed E-state index contributed by atoms with van der Waals surface area (Å²) in [5.74, 6) is -0.810. The average molecular weight is 409 g/mol. The highest BCUT2D eigenvalue weighted by atomic mass is 35.5. The van der Waals surface area contributed by atoms with Crippen LogP contribution in [-0.4, -0.2) is 28.7 Å². The summed E-state index contributed by atoms with van der Waals surface area (Å²) in [6.07, 6.45) is 0.0660. The van der Waals surface area contributed by atoms with Gasteiger partial charge in [-0.1, -0.05) is 29.3 Å². The number of halogens is 2. The van der Waals surface area contributed by atoms with E-state index in [9.17, 15) is 14.4 Å². The Hall–Kier alpha value is -2.02. The van der Waals surface area contributed by atoms with Crippen molar-refractivity contribution in [3.05, 3.63) is 58.6 Å². The molecule has 26 heavy (non-hydrogen) atoms. The maximum Gasteiger partial charge on any atom is 0.247 e. The van der Waals surface area contributed by atoms with Crippen LogP contribution in [-0.2, 0) is 14.4 Å². The second kappa shape index (κ2) is 8.12. The molecule has 134 valence electrons. The van der Waals surface area contributed by atoms with E-state index in [1.165, 1.54) is 0 Å². The van der Waals surface area contributed by atoms with Crippen molar-refractivity contribution in [3.8, 4) is 0 Å². The minimum atomic E-state index is -0.580. The van der Waals surface area contributed by atoms with Gasteiger partial charge in [-0.3, -0.25) is 14.4 Å². The zero-order valence-corrected chi connectivity index (χ0v) is 15.8. The molecule has 0 radical (unpaired) electrons. The Labute approximate surface area is 164 Å². The van der Waals surface area contributed by atoms with Gasteiger partial charge in [-0.2, -0.15) is 0 Å². The van der Waals surface area contributed by atoms with Crippen LogP contribution in [0.5, 0.6) is 0 Å². The number of thioether (sulfide) groups is 1. The minimum Gasteiger partial charge on any atom is -0.325 e. The first kappa shape index (κ1) is 18.8. The summed E-state index contributed by atoms with van der Waals surface area (Å²) in [4.78, 5) is 37.9. The van der Waals surface area contributed by atoms with E-state index in [0.717, 1.165) is 16.7 Å². The maximum atomic E-state index is 12.5. The van der Waals surface area contributed by atoms with Gasteiger partial charge >= 0.3 is 0 Å². The number of benzene rings is 2. The zero-order chi connectivity index (χ0) is 18.7. The molecule has 3 rings (SSSR count). The van der Waals surface area contributed by atoms with Crippen LogP contribution < -0.4 is 10.2 Å². The fraction of sp³-hybridized carbons (Fsp3) is 0.167. The van der Waals surface area contributed by atoms with Crippen LogP contribution in [0.1, 0.15) is 6.42 Å². The van der Waals surface area contributed by atoms with Crippen LogP contribution in [0.15, 0.2) is 48.5 Å². The van der Waals surface area contributed by atoms with Gasteiger partial charge in [0.25, 0.3) is 0 Å². The molecular weight excluding hydrogens is 395 g/mol. The number of anilines is 2. The first-order valence-corrected chi connectivity index (χ1v) is 9.54. The average Bonchev–Trinajstić information content (AvgIpc) is 2.88. The number of nitrogens with one attached hydrogen (secondary N) is 1. The zero-order valence-electron chi connectivity index (χ0n) is 13.4. The Morgan fingerprint density at radius 3 is 2.54 bits per heavy atom. The fourth-order valence-electron chi connectivity index (χ4n) is 2.54. The third kappa shape index (κ3) is 4.38. The topological polar surface area (TPSA) is 66.5 Å². The highest BCUT2D eigenvalue weighted by Gasteiger charge is 2.40. The van der Waals surface area contributed by atoms with Crippen LogP contribution in [0.4, 0.5) is 11.4 Å². The smallest absolute Gasteiger partial charge is 0.247 e. The Morgan fingerprint density at radius 1 is 1.12 bits per heavy atom. The van der Waals surface area contributed by atoms with Crippen molar-refractivity contribution in [1.29, 1.82) is 0 Å². The molecule has 1 aliphatic rings. The number of hydrogen-bond acceptors (Lipinski definition) is 4. The second-order valence-corrected chi connectivity index (χ2v) is 7.67. The molecule has 0 spiro atoms. The lowest BCUT2D eigenvalue weighted by Crippen LogP contribution is -2.31. The van der Waals surface area contributed by atoms with Gasteiger partial charge in [-0.15, -0.1) is 11.8 Å². The van der Waals surface area contributed by atoms with Crippen molar-refractivity contribution in [2.45, 2.75) is 11.7 Å². The third-order valence-electron chi connectivity index (χ3n) is 3.71. The second-order valence-electron chi connectivity index (χ2n) is 5.61. The molecule has 0 bridgehead atoms. The van der Waals surface area contributed by atoms with Gasteiger partial charge in [0.15, 0.2) is 0 Å². The van der Waals surface area contributed by atoms with Gasteiger partial charge in [0.1, 0.15) is 0 Å². The molecule has 1 saturated heterocycles. The van der Waals surface area contributed by atoms with Gasteiger partial charge < -0.3 is 5.32 Å². The molecule has 0 aliphatic carbocycles. The van der Waals surface area contributed by atoms with Gasteiger partial charge in [-0.05, 0) is 42.5 Å². The summed E-state index contributed by atoms with van der Waals surface area (Å²) in [5.41, 5.74) is 1.07. The Bertz CT molecular complexity index is 858. The van der Waals surface area contributed by atoms with Gasteiger partial charge in [0.2, 0.25) is 17.7 Å². The molecule has 3 amide bonds. The predicted molar refractivity (Wildman–Crippen MR) is 105 cm³/mol. The van der Waals surface area contributed by atoms with E-state index >= 15 is 0 Å². The molecule has 1 atom stereocenters. The van der Waals surface area contributed by atoms with Gasteiger partial charge in [0.05, 0.1) is 16.7 Å². The number of amides is 3. The van der Waals surface area contributed by atoms with E-state index in [1.807, 2.05) is 0 Å². The molecule has 0 saturated carbocycles. The van der Waals surface area contributed by atoms with E-state index in [1.54, 1.807) is 48.5 Å². The van der Waals surface area contributed by atoms with Crippen molar-refractivity contribution < 1.29 is 14.4 Å². The fourth-order valence-corrected chi connectivity index (χ4v) is 3.78. The van der Waals surface area contributed by atoms with Gasteiger partial charge in [0, 0.05) is 22.2 Å². The van der Waals surface area contributed by atoms with Crippen molar-refractivity contribution in [2.24, 2.45) is 0 Å². The molecule has 5 nitrogen and oxygen atoms in total. The lowest BCUT2D eigenvalue weighted by Gasteiger charge is -2.15. The molecule has 0 unspecified atom stereocenters. The van der Waals surface area contributed by atoms with Crippen LogP contribution in [0.3, 0.4) is 0 Å². The van der Waals surface area contributed by atoms with Crippen molar-refractivity contribution >= 4 is 64.1 Å². The van der Waals surface area contributed by atoms with Crippen LogP contribution >= 0.6 is 35.0 Å². The minimum absolute atomic E-state index is 0.0602. The summed E-state index contributed by atoms with van der Waals surface area (Å²) in [6.45, 7) is 0. The standard InChI is InChI=1S/C18H14Cl2N2O3S/c19-11-4-6-14(7-5-11)22-17(24)9-15(18(22)25)26-10-16(23)21-13-3-1-2-12(20)8-13/h1-8,15H,9-10H2,(H,21,23)/t15-/m1/s1. The van der Waals surface area contributed by atoms with E-state index in [2.05, 4.69) is 5.32 Å². The maximum absolute atomic E-state index is 12.5. The number of carbonyl (C=O) groups excluding carboxylic acids is 3. The SMILES string of the molecule is O=C(CS[C@@H]1CC(=O)N(c2ccc(Cl)cc2)C1=O)Nc1cccc(Cl)c1. The normalized spacial score (nSPS) is 16.8. The summed E-state index contributed by atoms with van der Waals surface area (Å²) in [7, 11) is 0. The number of carbonyl (C=O) groups is 3. The molecule has 1 fully saturated rings. The largest absolute Gasteiger partial charge is 0.325 e. The molecule has 1 heterocycles. The van der Waals surface area contributed by atoms with Crippen molar-refractivity contribution in [3.63, 3.8) is 0 Å². The Morgan fingerprint density at radius 2 is 1.85 bits per heavy atom. The molecular formula is C18H14Cl2N2O3S. The Kier molecular flexibility index (Phi) is 5.86. The van der Waals surface area contributed by atoms with E-state index in [0.29, 0.717) is 21.4 Å². The predicted octanol–water partition coefficient (Wildman–Crippen LogP) is 4.00. The van der Waals surface area contributed by atoms with Crippen LogP contribution in [0.2, 0.25) is 10.0 Å². The monoisotopic (exact) mass is 408 g/mol. The highest BCUT2D eigenvalue weighted by molar-refractivity contribution is 8.01. The summed E-state index contributed by atoms with van der Waals surface area (Å²) < 4.78 is 0. The van der Waals surface area contributed by atoms with Gasteiger partial charge in [-0.25, -0.2) is 4.90 Å². The quantitative estimate of drug-likeness (QED) is 0.759. The van der Waals surface area contributed by atoms with Crippen LogP contribution in [0, 0.1) is 0 Å². The molecule has 2 aromatic rings. The lowest BCUT2D eigenvalue weighted by molar-refractivity contribution is -0.121. The Balaban J connectivity index is 1.59. The molecule has 0 aromatic heterocycles. The lowest BCUT2D eigenvalue weighted by atomic mass is 10.3. The van der Waals surface area contributed by atoms with E-state index in [-0.39, 0.29) is 29.9 Å². The third-order valence-corrected chi connectivity index (χ3v) is 5.40. The first-order chi connectivity index (χ1) is 12.4.